The van der Waals surface area contributed by atoms with Crippen LogP contribution in [0.5, 0.6) is 0 Å². The van der Waals surface area contributed by atoms with E-state index in [9.17, 15) is 0 Å². The molecule has 0 bridgehead atoms. The first kappa shape index (κ1) is 7.82. The van der Waals surface area contributed by atoms with Crippen molar-refractivity contribution in [2.24, 2.45) is 5.73 Å². The highest BCUT2D eigenvalue weighted by molar-refractivity contribution is 9.09. The molecule has 0 aromatic heterocycles. The molecule has 0 saturated heterocycles. The lowest BCUT2D eigenvalue weighted by Crippen LogP contribution is -2.39. The van der Waals surface area contributed by atoms with Crippen molar-refractivity contribution in [1.29, 1.82) is 0 Å². The van der Waals surface area contributed by atoms with Gasteiger partial charge in [-0.2, -0.15) is 0 Å². The molecule has 0 amide bonds. The zero-order valence-corrected chi connectivity index (χ0v) is 7.43. The second-order valence-corrected chi connectivity index (χ2v) is 3.66. The molecule has 0 fully saturated rings. The van der Waals surface area contributed by atoms with E-state index in [1.165, 1.54) is 5.57 Å². The molecular formula is C7H11BrN2. The normalized spacial score (nSPS) is 27.1. The van der Waals surface area contributed by atoms with Crippen LogP contribution >= 0.6 is 15.9 Å². The molecule has 1 aliphatic rings. The monoisotopic (exact) mass is 202 g/mol. The highest BCUT2D eigenvalue weighted by atomic mass is 79.9. The smallest absolute Gasteiger partial charge is 0.0975 e. The number of hydrogen-bond acceptors (Lipinski definition) is 2. The Kier molecular flexibility index (Phi) is 2.51. The molecule has 0 radical (unpaired) electrons. The molecule has 0 aliphatic carbocycles. The summed E-state index contributed by atoms with van der Waals surface area (Å²) < 4.78 is 0. The average molecular weight is 203 g/mol. The molecule has 2 atom stereocenters. The maximum atomic E-state index is 5.72. The van der Waals surface area contributed by atoms with Gasteiger partial charge in [0, 0.05) is 4.83 Å². The minimum atomic E-state index is -0.0284. The highest BCUT2D eigenvalue weighted by Crippen LogP contribution is 2.15. The molecule has 0 spiro atoms. The SMILES string of the molecule is CC(Br)C1=CC=CNC1N. The van der Waals surface area contributed by atoms with Crippen LogP contribution in [0.25, 0.3) is 0 Å². The van der Waals surface area contributed by atoms with Crippen LogP contribution in [0.2, 0.25) is 0 Å². The third-order valence-electron chi connectivity index (χ3n) is 1.48. The average Bonchev–Trinajstić information content (AvgIpc) is 1.88. The van der Waals surface area contributed by atoms with Crippen LogP contribution in [0.15, 0.2) is 23.9 Å². The van der Waals surface area contributed by atoms with Gasteiger partial charge in [-0.15, -0.1) is 0 Å². The lowest BCUT2D eigenvalue weighted by molar-refractivity contribution is 0.671. The fraction of sp³-hybridized carbons (Fsp3) is 0.429. The lowest BCUT2D eigenvalue weighted by atomic mass is 10.1. The van der Waals surface area contributed by atoms with E-state index < -0.39 is 0 Å². The Morgan fingerprint density at radius 3 is 2.90 bits per heavy atom. The fourth-order valence-electron chi connectivity index (χ4n) is 0.898. The lowest BCUT2D eigenvalue weighted by Gasteiger charge is -2.20. The number of alkyl halides is 1. The number of hydrogen-bond donors (Lipinski definition) is 2. The molecule has 10 heavy (non-hydrogen) atoms. The molecule has 3 N–H and O–H groups in total. The van der Waals surface area contributed by atoms with E-state index >= 15 is 0 Å². The van der Waals surface area contributed by atoms with Crippen molar-refractivity contribution in [1.82, 2.24) is 5.32 Å². The van der Waals surface area contributed by atoms with E-state index in [1.54, 1.807) is 0 Å². The number of allylic oxidation sites excluding steroid dienone is 2. The third kappa shape index (κ3) is 1.61. The van der Waals surface area contributed by atoms with Crippen molar-refractivity contribution in [3.8, 4) is 0 Å². The number of halogens is 1. The predicted octanol–water partition coefficient (Wildman–Crippen LogP) is 1.10. The number of nitrogens with one attached hydrogen (secondary N) is 1. The van der Waals surface area contributed by atoms with Crippen molar-refractivity contribution in [3.05, 3.63) is 23.9 Å². The number of dihydropyridines is 1. The summed E-state index contributed by atoms with van der Waals surface area (Å²) in [5.41, 5.74) is 6.90. The van der Waals surface area contributed by atoms with Gasteiger partial charge in [0.05, 0.1) is 6.17 Å². The molecule has 3 heteroatoms. The van der Waals surface area contributed by atoms with Crippen molar-refractivity contribution in [2.75, 3.05) is 0 Å². The van der Waals surface area contributed by atoms with Crippen molar-refractivity contribution in [2.45, 2.75) is 17.9 Å². The Hall–Kier alpha value is -0.280. The first-order chi connectivity index (χ1) is 4.72. The molecular weight excluding hydrogens is 192 g/mol. The summed E-state index contributed by atoms with van der Waals surface area (Å²) in [5, 5.41) is 3.01. The van der Waals surface area contributed by atoms with Crippen LogP contribution in [0, 0.1) is 0 Å². The van der Waals surface area contributed by atoms with E-state index in [0.29, 0.717) is 4.83 Å². The van der Waals surface area contributed by atoms with Crippen LogP contribution in [-0.2, 0) is 0 Å². The Labute approximate surface area is 69.3 Å². The van der Waals surface area contributed by atoms with Crippen LogP contribution in [0.3, 0.4) is 0 Å². The molecule has 1 aliphatic heterocycles. The van der Waals surface area contributed by atoms with Crippen LogP contribution in [-0.4, -0.2) is 11.0 Å². The summed E-state index contributed by atoms with van der Waals surface area (Å²) in [6, 6.07) is 0. The standard InChI is InChI=1S/C7H11BrN2/c1-5(8)6-3-2-4-10-7(6)9/h2-5,7,10H,9H2,1H3. The molecule has 1 heterocycles. The van der Waals surface area contributed by atoms with Crippen LogP contribution in [0.4, 0.5) is 0 Å². The maximum Gasteiger partial charge on any atom is 0.0975 e. The number of nitrogens with two attached hydrogens (primary N) is 1. The second kappa shape index (κ2) is 3.21. The first-order valence-electron chi connectivity index (χ1n) is 3.24. The van der Waals surface area contributed by atoms with E-state index in [-0.39, 0.29) is 6.17 Å². The van der Waals surface area contributed by atoms with Crippen LogP contribution < -0.4 is 11.1 Å². The quantitative estimate of drug-likeness (QED) is 0.626. The maximum absolute atomic E-state index is 5.72. The molecule has 0 saturated carbocycles. The third-order valence-corrected chi connectivity index (χ3v) is 2.01. The highest BCUT2D eigenvalue weighted by Gasteiger charge is 2.13. The Morgan fingerprint density at radius 2 is 2.50 bits per heavy atom. The van der Waals surface area contributed by atoms with Gasteiger partial charge in [0.25, 0.3) is 0 Å². The van der Waals surface area contributed by atoms with Gasteiger partial charge in [0.15, 0.2) is 0 Å². The summed E-state index contributed by atoms with van der Waals surface area (Å²) in [4.78, 5) is 0.347. The summed E-state index contributed by atoms with van der Waals surface area (Å²) in [5.74, 6) is 0. The summed E-state index contributed by atoms with van der Waals surface area (Å²) in [7, 11) is 0. The van der Waals surface area contributed by atoms with Crippen molar-refractivity contribution in [3.63, 3.8) is 0 Å². The van der Waals surface area contributed by atoms with Gasteiger partial charge >= 0.3 is 0 Å². The summed E-state index contributed by atoms with van der Waals surface area (Å²) in [6.45, 7) is 2.06. The van der Waals surface area contributed by atoms with Gasteiger partial charge < -0.3 is 11.1 Å². The van der Waals surface area contributed by atoms with Gasteiger partial charge in [-0.05, 0) is 24.8 Å². The van der Waals surface area contributed by atoms with Gasteiger partial charge in [-0.3, -0.25) is 0 Å². The second-order valence-electron chi connectivity index (χ2n) is 2.29. The first-order valence-corrected chi connectivity index (χ1v) is 4.15. The van der Waals surface area contributed by atoms with E-state index in [2.05, 4.69) is 28.2 Å². The molecule has 0 aromatic carbocycles. The molecule has 56 valence electrons. The Balaban J connectivity index is 2.70. The summed E-state index contributed by atoms with van der Waals surface area (Å²) in [6.07, 6.45) is 5.81. The Bertz CT molecular complexity index is 172. The van der Waals surface area contributed by atoms with Gasteiger partial charge in [0.1, 0.15) is 0 Å². The predicted molar refractivity (Wildman–Crippen MR) is 46.7 cm³/mol. The van der Waals surface area contributed by atoms with E-state index in [1.807, 2.05) is 18.4 Å². The van der Waals surface area contributed by atoms with Crippen LogP contribution in [0.1, 0.15) is 6.92 Å². The largest absolute Gasteiger partial charge is 0.372 e. The number of rotatable bonds is 1. The topological polar surface area (TPSA) is 38.0 Å². The minimum Gasteiger partial charge on any atom is -0.372 e. The zero-order valence-electron chi connectivity index (χ0n) is 5.84. The molecule has 2 nitrogen and oxygen atoms in total. The van der Waals surface area contributed by atoms with E-state index in [0.717, 1.165) is 0 Å². The van der Waals surface area contributed by atoms with Gasteiger partial charge in [-0.1, -0.05) is 22.0 Å². The molecule has 1 rings (SSSR count). The van der Waals surface area contributed by atoms with Crippen molar-refractivity contribution >= 4 is 15.9 Å². The molecule has 2 unspecified atom stereocenters. The Morgan fingerprint density at radius 1 is 1.80 bits per heavy atom. The van der Waals surface area contributed by atoms with Crippen molar-refractivity contribution < 1.29 is 0 Å². The minimum absolute atomic E-state index is 0.0284. The van der Waals surface area contributed by atoms with E-state index in [4.69, 9.17) is 5.73 Å². The van der Waals surface area contributed by atoms with Gasteiger partial charge in [-0.25, -0.2) is 0 Å². The van der Waals surface area contributed by atoms with Gasteiger partial charge in [0.2, 0.25) is 0 Å². The summed E-state index contributed by atoms with van der Waals surface area (Å²) >= 11 is 3.45. The zero-order chi connectivity index (χ0) is 7.56. The molecule has 0 aromatic rings. The fourth-order valence-corrected chi connectivity index (χ4v) is 1.34.